The van der Waals surface area contributed by atoms with E-state index in [1.807, 2.05) is 24.3 Å². The Morgan fingerprint density at radius 3 is 2.33 bits per heavy atom. The molecule has 0 saturated carbocycles. The molecule has 1 amide bonds. The summed E-state index contributed by atoms with van der Waals surface area (Å²) < 4.78 is 5.20. The number of halogens is 1. The molecule has 2 unspecified atom stereocenters. The van der Waals surface area contributed by atoms with Gasteiger partial charge in [-0.3, -0.25) is 4.79 Å². The van der Waals surface area contributed by atoms with Crippen molar-refractivity contribution in [1.29, 1.82) is 0 Å². The first-order valence-corrected chi connectivity index (χ1v) is 9.25. The number of hydrogen-bond acceptors (Lipinski definition) is 3. The van der Waals surface area contributed by atoms with Crippen molar-refractivity contribution in [3.63, 3.8) is 0 Å². The lowest BCUT2D eigenvalue weighted by Gasteiger charge is -2.37. The molecule has 7 heteroatoms. The molecule has 1 aliphatic heterocycles. The molecule has 0 bridgehead atoms. The summed E-state index contributed by atoms with van der Waals surface area (Å²) in [6.45, 7) is 7.31. The molecular weight excluding hydrogens is 455 g/mol. The Morgan fingerprint density at radius 1 is 1.22 bits per heavy atom. The SMILES string of the molecule is COc1ccc(CN=C(NCC(=O)N(C)C)N2CC(C)CC(C)C2)cc1.I. The quantitative estimate of drug-likeness (QED) is 0.394. The Bertz CT molecular complexity index is 609. The summed E-state index contributed by atoms with van der Waals surface area (Å²) in [7, 11) is 5.20. The number of carbonyl (C=O) groups is 1. The molecule has 152 valence electrons. The number of piperidine rings is 1. The number of amides is 1. The maximum Gasteiger partial charge on any atom is 0.241 e. The van der Waals surface area contributed by atoms with Crippen LogP contribution >= 0.6 is 24.0 Å². The molecule has 0 aliphatic carbocycles. The molecule has 0 radical (unpaired) electrons. The number of nitrogens with one attached hydrogen (secondary N) is 1. The molecule has 1 heterocycles. The summed E-state index contributed by atoms with van der Waals surface area (Å²) in [5.41, 5.74) is 1.11. The molecule has 2 rings (SSSR count). The molecule has 0 aromatic heterocycles. The van der Waals surface area contributed by atoms with Crippen molar-refractivity contribution in [1.82, 2.24) is 15.1 Å². The third-order valence-electron chi connectivity index (χ3n) is 4.64. The number of aliphatic imine (C=N–C) groups is 1. The van der Waals surface area contributed by atoms with Crippen molar-refractivity contribution in [3.8, 4) is 5.75 Å². The number of hydrogen-bond donors (Lipinski definition) is 1. The summed E-state index contributed by atoms with van der Waals surface area (Å²) in [6.07, 6.45) is 1.24. The van der Waals surface area contributed by atoms with Crippen LogP contribution in [0.15, 0.2) is 29.3 Å². The fraction of sp³-hybridized carbons (Fsp3) is 0.600. The first kappa shape index (κ1) is 23.5. The van der Waals surface area contributed by atoms with E-state index in [4.69, 9.17) is 9.73 Å². The van der Waals surface area contributed by atoms with Gasteiger partial charge in [0.1, 0.15) is 5.75 Å². The minimum Gasteiger partial charge on any atom is -0.497 e. The van der Waals surface area contributed by atoms with Crippen molar-refractivity contribution < 1.29 is 9.53 Å². The zero-order chi connectivity index (χ0) is 19.1. The number of likely N-dealkylation sites (N-methyl/N-ethyl adjacent to an activating group) is 1. The van der Waals surface area contributed by atoms with Gasteiger partial charge in [0.25, 0.3) is 0 Å². The molecular formula is C20H33IN4O2. The molecule has 1 aromatic rings. The van der Waals surface area contributed by atoms with E-state index in [-0.39, 0.29) is 36.4 Å². The van der Waals surface area contributed by atoms with Gasteiger partial charge in [0.15, 0.2) is 5.96 Å². The lowest BCUT2D eigenvalue weighted by molar-refractivity contribution is -0.127. The number of likely N-dealkylation sites (tertiary alicyclic amines) is 1. The standard InChI is InChI=1S/C20H32N4O2.HI/c1-15-10-16(2)14-24(13-15)20(22-12-19(25)23(3)4)21-11-17-6-8-18(26-5)9-7-17;/h6-9,15-16H,10-14H2,1-5H3,(H,21,22);1H. The van der Waals surface area contributed by atoms with E-state index in [1.54, 1.807) is 26.1 Å². The van der Waals surface area contributed by atoms with Gasteiger partial charge < -0.3 is 19.9 Å². The average molecular weight is 488 g/mol. The Morgan fingerprint density at radius 2 is 1.81 bits per heavy atom. The van der Waals surface area contributed by atoms with Crippen LogP contribution in [-0.2, 0) is 11.3 Å². The summed E-state index contributed by atoms with van der Waals surface area (Å²) in [4.78, 5) is 20.6. The molecule has 1 N–H and O–H groups in total. The van der Waals surface area contributed by atoms with E-state index < -0.39 is 0 Å². The zero-order valence-corrected chi connectivity index (χ0v) is 19.4. The van der Waals surface area contributed by atoms with Crippen molar-refractivity contribution in [2.24, 2.45) is 16.8 Å². The Labute approximate surface area is 180 Å². The van der Waals surface area contributed by atoms with Gasteiger partial charge in [-0.05, 0) is 36.0 Å². The highest BCUT2D eigenvalue weighted by atomic mass is 127. The molecule has 2 atom stereocenters. The number of ether oxygens (including phenoxy) is 1. The van der Waals surface area contributed by atoms with Gasteiger partial charge in [-0.2, -0.15) is 0 Å². The second kappa shape index (κ2) is 11.4. The van der Waals surface area contributed by atoms with Gasteiger partial charge in [0.2, 0.25) is 5.91 Å². The van der Waals surface area contributed by atoms with Gasteiger partial charge in [-0.15, -0.1) is 24.0 Å². The van der Waals surface area contributed by atoms with Crippen molar-refractivity contribution in [3.05, 3.63) is 29.8 Å². The minimum atomic E-state index is 0. The van der Waals surface area contributed by atoms with Gasteiger partial charge in [-0.1, -0.05) is 26.0 Å². The Kier molecular flexibility index (Phi) is 9.90. The van der Waals surface area contributed by atoms with E-state index in [2.05, 4.69) is 24.1 Å². The third kappa shape index (κ3) is 7.56. The second-order valence-electron chi connectivity index (χ2n) is 7.48. The minimum absolute atomic E-state index is 0. The molecule has 1 aromatic carbocycles. The van der Waals surface area contributed by atoms with Crippen LogP contribution in [0.25, 0.3) is 0 Å². The number of carbonyl (C=O) groups excluding carboxylic acids is 1. The number of guanidine groups is 1. The van der Waals surface area contributed by atoms with Gasteiger partial charge in [0.05, 0.1) is 20.2 Å². The highest BCUT2D eigenvalue weighted by Crippen LogP contribution is 2.21. The summed E-state index contributed by atoms with van der Waals surface area (Å²) in [5, 5.41) is 3.26. The van der Waals surface area contributed by atoms with Crippen LogP contribution in [0.2, 0.25) is 0 Å². The van der Waals surface area contributed by atoms with Crippen LogP contribution < -0.4 is 10.1 Å². The van der Waals surface area contributed by atoms with Gasteiger partial charge in [-0.25, -0.2) is 4.99 Å². The van der Waals surface area contributed by atoms with E-state index in [0.717, 1.165) is 30.4 Å². The number of rotatable bonds is 5. The van der Waals surface area contributed by atoms with Crippen molar-refractivity contribution >= 4 is 35.8 Å². The number of methoxy groups -OCH3 is 1. The van der Waals surface area contributed by atoms with E-state index in [9.17, 15) is 4.79 Å². The molecule has 6 nitrogen and oxygen atoms in total. The highest BCUT2D eigenvalue weighted by molar-refractivity contribution is 14.0. The smallest absolute Gasteiger partial charge is 0.241 e. The fourth-order valence-corrected chi connectivity index (χ4v) is 3.31. The van der Waals surface area contributed by atoms with E-state index in [1.165, 1.54) is 6.42 Å². The molecule has 27 heavy (non-hydrogen) atoms. The first-order chi connectivity index (χ1) is 12.4. The van der Waals surface area contributed by atoms with Crippen LogP contribution in [-0.4, -0.2) is 62.5 Å². The maximum atomic E-state index is 12.0. The van der Waals surface area contributed by atoms with Gasteiger partial charge in [0, 0.05) is 27.2 Å². The molecule has 1 saturated heterocycles. The van der Waals surface area contributed by atoms with Crippen LogP contribution in [0, 0.1) is 11.8 Å². The lowest BCUT2D eigenvalue weighted by Crippen LogP contribution is -2.50. The first-order valence-electron chi connectivity index (χ1n) is 9.25. The molecule has 0 spiro atoms. The average Bonchev–Trinajstić information content (AvgIpc) is 2.61. The van der Waals surface area contributed by atoms with Crippen molar-refractivity contribution in [2.75, 3.05) is 40.8 Å². The zero-order valence-electron chi connectivity index (χ0n) is 17.1. The monoisotopic (exact) mass is 488 g/mol. The topological polar surface area (TPSA) is 57.2 Å². The predicted octanol–water partition coefficient (Wildman–Crippen LogP) is 2.82. The maximum absolute atomic E-state index is 12.0. The largest absolute Gasteiger partial charge is 0.497 e. The summed E-state index contributed by atoms with van der Waals surface area (Å²) in [6, 6.07) is 7.93. The van der Waals surface area contributed by atoms with Crippen LogP contribution in [0.1, 0.15) is 25.8 Å². The van der Waals surface area contributed by atoms with E-state index >= 15 is 0 Å². The lowest BCUT2D eigenvalue weighted by atomic mass is 9.92. The second-order valence-corrected chi connectivity index (χ2v) is 7.48. The van der Waals surface area contributed by atoms with E-state index in [0.29, 0.717) is 18.4 Å². The fourth-order valence-electron chi connectivity index (χ4n) is 3.31. The number of benzene rings is 1. The Balaban J connectivity index is 0.00000364. The van der Waals surface area contributed by atoms with Crippen LogP contribution in [0.3, 0.4) is 0 Å². The normalized spacial score (nSPS) is 19.9. The predicted molar refractivity (Wildman–Crippen MR) is 121 cm³/mol. The van der Waals surface area contributed by atoms with Crippen molar-refractivity contribution in [2.45, 2.75) is 26.8 Å². The number of nitrogens with zero attached hydrogens (tertiary/aromatic N) is 3. The van der Waals surface area contributed by atoms with Gasteiger partial charge >= 0.3 is 0 Å². The summed E-state index contributed by atoms with van der Waals surface area (Å²) in [5.74, 6) is 2.94. The molecule has 1 fully saturated rings. The highest BCUT2D eigenvalue weighted by Gasteiger charge is 2.24. The van der Waals surface area contributed by atoms with Crippen LogP contribution in [0.4, 0.5) is 0 Å². The van der Waals surface area contributed by atoms with Crippen LogP contribution in [0.5, 0.6) is 5.75 Å². The summed E-state index contributed by atoms with van der Waals surface area (Å²) >= 11 is 0. The molecule has 1 aliphatic rings. The third-order valence-corrected chi connectivity index (χ3v) is 4.64. The Hall–Kier alpha value is -1.51.